The number of hydrogen-bond donors (Lipinski definition) is 1. The van der Waals surface area contributed by atoms with E-state index in [1.807, 2.05) is 0 Å². The van der Waals surface area contributed by atoms with E-state index in [0.717, 1.165) is 0 Å². The van der Waals surface area contributed by atoms with Gasteiger partial charge in [-0.1, -0.05) is 28.4 Å². The molecule has 2 heterocycles. The molecule has 0 aliphatic rings. The van der Waals surface area contributed by atoms with E-state index in [0.29, 0.717) is 27.1 Å². The Kier molecular flexibility index (Phi) is 3.25. The minimum absolute atomic E-state index is 0.203. The van der Waals surface area contributed by atoms with Crippen molar-refractivity contribution in [3.8, 4) is 23.1 Å². The molecule has 0 saturated heterocycles. The van der Waals surface area contributed by atoms with Gasteiger partial charge in [0.05, 0.1) is 16.3 Å². The van der Waals surface area contributed by atoms with Gasteiger partial charge in [-0.15, -0.1) is 0 Å². The number of halogens is 2. The van der Waals surface area contributed by atoms with Crippen LogP contribution in [0.15, 0.2) is 35.1 Å². The molecule has 100 valence electrons. The monoisotopic (exact) mass is 307 g/mol. The van der Waals surface area contributed by atoms with Crippen LogP contribution in [-0.2, 0) is 0 Å². The van der Waals surface area contributed by atoms with E-state index in [1.165, 1.54) is 0 Å². The molecule has 0 atom stereocenters. The van der Waals surface area contributed by atoms with Crippen molar-refractivity contribution < 1.29 is 4.52 Å². The maximum Gasteiger partial charge on any atom is 0.260 e. The van der Waals surface area contributed by atoms with Gasteiger partial charge in [0.2, 0.25) is 11.6 Å². The molecular formula is C12H7Cl2N5O. The number of nitrogens with zero attached hydrogens (tertiary/aromatic N) is 4. The minimum Gasteiger partial charge on any atom is -0.397 e. The molecule has 0 spiro atoms. The average molecular weight is 308 g/mol. The summed E-state index contributed by atoms with van der Waals surface area (Å²) in [6.45, 7) is 0. The Balaban J connectivity index is 2.07. The first kappa shape index (κ1) is 12.8. The Labute approximate surface area is 123 Å². The molecule has 0 aliphatic heterocycles. The van der Waals surface area contributed by atoms with E-state index in [4.69, 9.17) is 33.5 Å². The summed E-state index contributed by atoms with van der Waals surface area (Å²) in [5, 5.41) is 4.56. The summed E-state index contributed by atoms with van der Waals surface area (Å²) in [5.41, 5.74) is 6.67. The number of aromatic nitrogens is 4. The molecule has 0 unspecified atom stereocenters. The van der Waals surface area contributed by atoms with Crippen LogP contribution in [0.3, 0.4) is 0 Å². The lowest BCUT2D eigenvalue weighted by Crippen LogP contribution is -1.92. The highest BCUT2D eigenvalue weighted by Gasteiger charge is 2.16. The lowest BCUT2D eigenvalue weighted by molar-refractivity contribution is 0.432. The van der Waals surface area contributed by atoms with Gasteiger partial charge in [0, 0.05) is 17.4 Å². The largest absolute Gasteiger partial charge is 0.397 e. The summed E-state index contributed by atoms with van der Waals surface area (Å²) in [4.78, 5) is 12.3. The predicted molar refractivity (Wildman–Crippen MR) is 75.2 cm³/mol. The maximum absolute atomic E-state index is 5.97. The van der Waals surface area contributed by atoms with Crippen LogP contribution in [-0.4, -0.2) is 20.1 Å². The van der Waals surface area contributed by atoms with Crippen LogP contribution < -0.4 is 5.73 Å². The molecule has 0 bridgehead atoms. The van der Waals surface area contributed by atoms with Crippen LogP contribution >= 0.6 is 23.2 Å². The first-order chi connectivity index (χ1) is 9.65. The predicted octanol–water partition coefficient (Wildman–Crippen LogP) is 3.08. The van der Waals surface area contributed by atoms with Gasteiger partial charge in [-0.05, 0) is 18.2 Å². The molecule has 6 nitrogen and oxygen atoms in total. The van der Waals surface area contributed by atoms with Crippen molar-refractivity contribution in [1.29, 1.82) is 0 Å². The maximum atomic E-state index is 5.97. The second-order valence-corrected chi connectivity index (χ2v) is 4.69. The summed E-state index contributed by atoms with van der Waals surface area (Å²) in [7, 11) is 0. The van der Waals surface area contributed by atoms with Gasteiger partial charge < -0.3 is 10.3 Å². The zero-order valence-electron chi connectivity index (χ0n) is 9.92. The Morgan fingerprint density at radius 3 is 2.55 bits per heavy atom. The smallest absolute Gasteiger partial charge is 0.260 e. The molecule has 0 radical (unpaired) electrons. The molecule has 0 saturated carbocycles. The SMILES string of the molecule is Nc1c(Cl)cc(Cl)cc1-c1nc(-c2ncccn2)no1. The molecule has 0 fully saturated rings. The molecule has 0 amide bonds. The Morgan fingerprint density at radius 1 is 1.05 bits per heavy atom. The summed E-state index contributed by atoms with van der Waals surface area (Å²) in [6, 6.07) is 4.84. The van der Waals surface area contributed by atoms with Crippen molar-refractivity contribution in [2.24, 2.45) is 0 Å². The fourth-order valence-corrected chi connectivity index (χ4v) is 2.09. The third-order valence-corrected chi connectivity index (χ3v) is 3.05. The number of rotatable bonds is 2. The van der Waals surface area contributed by atoms with Gasteiger partial charge in [-0.3, -0.25) is 0 Å². The number of hydrogen-bond acceptors (Lipinski definition) is 6. The molecule has 1 aromatic carbocycles. The highest BCUT2D eigenvalue weighted by atomic mass is 35.5. The average Bonchev–Trinajstić information content (AvgIpc) is 2.93. The molecular weight excluding hydrogens is 301 g/mol. The number of anilines is 1. The third-order valence-electron chi connectivity index (χ3n) is 2.52. The van der Waals surface area contributed by atoms with E-state index in [1.54, 1.807) is 30.6 Å². The zero-order chi connectivity index (χ0) is 14.1. The topological polar surface area (TPSA) is 90.7 Å². The van der Waals surface area contributed by atoms with Gasteiger partial charge in [0.15, 0.2) is 0 Å². The number of benzene rings is 1. The van der Waals surface area contributed by atoms with Crippen LogP contribution in [0.25, 0.3) is 23.1 Å². The van der Waals surface area contributed by atoms with E-state index >= 15 is 0 Å². The van der Waals surface area contributed by atoms with Gasteiger partial charge >= 0.3 is 0 Å². The molecule has 0 aliphatic carbocycles. The van der Waals surface area contributed by atoms with Gasteiger partial charge in [-0.25, -0.2) is 9.97 Å². The molecule has 8 heteroatoms. The van der Waals surface area contributed by atoms with Gasteiger partial charge in [0.25, 0.3) is 5.89 Å². The van der Waals surface area contributed by atoms with Crippen LogP contribution in [0.2, 0.25) is 10.0 Å². The number of nitrogen functional groups attached to an aromatic ring is 1. The molecule has 20 heavy (non-hydrogen) atoms. The zero-order valence-corrected chi connectivity index (χ0v) is 11.4. The fourth-order valence-electron chi connectivity index (χ4n) is 1.60. The first-order valence-electron chi connectivity index (χ1n) is 5.51. The van der Waals surface area contributed by atoms with Gasteiger partial charge in [-0.2, -0.15) is 4.98 Å². The molecule has 2 aromatic heterocycles. The Hall–Kier alpha value is -2.18. The van der Waals surface area contributed by atoms with E-state index in [-0.39, 0.29) is 11.7 Å². The summed E-state index contributed by atoms with van der Waals surface area (Å²) in [5.74, 6) is 0.819. The Morgan fingerprint density at radius 2 is 1.80 bits per heavy atom. The lowest BCUT2D eigenvalue weighted by atomic mass is 10.2. The molecule has 3 aromatic rings. The van der Waals surface area contributed by atoms with E-state index in [2.05, 4.69) is 20.1 Å². The van der Waals surface area contributed by atoms with E-state index in [9.17, 15) is 0 Å². The highest BCUT2D eigenvalue weighted by Crippen LogP contribution is 2.34. The fraction of sp³-hybridized carbons (Fsp3) is 0. The van der Waals surface area contributed by atoms with Crippen molar-refractivity contribution in [3.05, 3.63) is 40.6 Å². The van der Waals surface area contributed by atoms with Crippen LogP contribution in [0, 0.1) is 0 Å². The second kappa shape index (κ2) is 5.07. The van der Waals surface area contributed by atoms with Crippen LogP contribution in [0.4, 0.5) is 5.69 Å². The first-order valence-corrected chi connectivity index (χ1v) is 6.27. The normalized spacial score (nSPS) is 10.7. The molecule has 3 rings (SSSR count). The van der Waals surface area contributed by atoms with E-state index < -0.39 is 0 Å². The van der Waals surface area contributed by atoms with Crippen LogP contribution in [0.5, 0.6) is 0 Å². The van der Waals surface area contributed by atoms with Crippen molar-refractivity contribution in [2.45, 2.75) is 0 Å². The van der Waals surface area contributed by atoms with Crippen molar-refractivity contribution in [3.63, 3.8) is 0 Å². The van der Waals surface area contributed by atoms with Crippen molar-refractivity contribution >= 4 is 28.9 Å². The Bertz CT molecular complexity index is 760. The third kappa shape index (κ3) is 2.31. The van der Waals surface area contributed by atoms with Crippen molar-refractivity contribution in [1.82, 2.24) is 20.1 Å². The van der Waals surface area contributed by atoms with Crippen molar-refractivity contribution in [2.75, 3.05) is 5.73 Å². The minimum atomic E-state index is 0.203. The van der Waals surface area contributed by atoms with Crippen LogP contribution in [0.1, 0.15) is 0 Å². The standard InChI is InChI=1S/C12H7Cl2N5O/c13-6-4-7(9(15)8(14)5-6)12-18-11(19-20-12)10-16-2-1-3-17-10/h1-5H,15H2. The lowest BCUT2D eigenvalue weighted by Gasteiger charge is -2.03. The quantitative estimate of drug-likeness (QED) is 0.732. The molecule has 2 N–H and O–H groups in total. The summed E-state index contributed by atoms with van der Waals surface area (Å²) >= 11 is 11.9. The highest BCUT2D eigenvalue weighted by molar-refractivity contribution is 6.37. The number of nitrogens with two attached hydrogens (primary N) is 1. The summed E-state index contributed by atoms with van der Waals surface area (Å²) in [6.07, 6.45) is 3.17. The van der Waals surface area contributed by atoms with Gasteiger partial charge in [0.1, 0.15) is 0 Å². The summed E-state index contributed by atoms with van der Waals surface area (Å²) < 4.78 is 5.16. The second-order valence-electron chi connectivity index (χ2n) is 3.84.